The van der Waals surface area contributed by atoms with Crippen molar-refractivity contribution in [2.24, 2.45) is 0 Å². The Bertz CT molecular complexity index is 4550. The molecule has 0 aliphatic rings. The second-order valence-corrected chi connectivity index (χ2v) is 17.9. The Morgan fingerprint density at radius 3 is 1.36 bits per heavy atom. The topological polar surface area (TPSA) is 45.8 Å². The van der Waals surface area contributed by atoms with E-state index in [4.69, 9.17) is 9.40 Å². The maximum absolute atomic E-state index is 6.48. The molecule has 0 fully saturated rings. The first-order valence-corrected chi connectivity index (χ1v) is 23.5. The van der Waals surface area contributed by atoms with Gasteiger partial charge in [-0.3, -0.25) is 0 Å². The number of rotatable bonds is 6. The smallest absolute Gasteiger partial charge is 0.161 e. The lowest BCUT2D eigenvalue weighted by molar-refractivity contribution is 0.673. The normalized spacial score (nSPS) is 12.1. The number of hydrogen-bond acceptors (Lipinski definition) is 2. The number of hydrogen-bond donors (Lipinski definition) is 0. The summed E-state index contributed by atoms with van der Waals surface area (Å²) in [6, 6.07) is 84.7. The van der Waals surface area contributed by atoms with Crippen LogP contribution in [-0.2, 0) is 0 Å². The molecule has 0 aliphatic carbocycles. The molecule has 0 bridgehead atoms. The van der Waals surface area contributed by atoms with Crippen molar-refractivity contribution in [2.45, 2.75) is 0 Å². The average Bonchev–Trinajstić information content (AvgIpc) is 4.21. The molecule has 6 heterocycles. The third kappa shape index (κ3) is 5.51. The van der Waals surface area contributed by atoms with Gasteiger partial charge in [0.1, 0.15) is 11.1 Å². The van der Waals surface area contributed by atoms with Gasteiger partial charge in [-0.2, -0.15) is 0 Å². The zero-order chi connectivity index (χ0) is 45.2. The third-order valence-corrected chi connectivity index (χ3v) is 14.1. The van der Waals surface area contributed by atoms with Crippen molar-refractivity contribution in [1.29, 1.82) is 0 Å². The highest BCUT2D eigenvalue weighted by Gasteiger charge is 2.24. The van der Waals surface area contributed by atoms with Gasteiger partial charge < -0.3 is 22.7 Å². The van der Waals surface area contributed by atoms with Crippen molar-refractivity contribution < 1.29 is 4.42 Å². The molecule has 0 amide bonds. The summed E-state index contributed by atoms with van der Waals surface area (Å²) in [6.07, 6.45) is 0. The fourth-order valence-electron chi connectivity index (χ4n) is 11.2. The quantitative estimate of drug-likeness (QED) is 0.167. The molecule has 15 aromatic rings. The van der Waals surface area contributed by atoms with Crippen molar-refractivity contribution in [1.82, 2.24) is 23.3 Å². The molecule has 9 aromatic carbocycles. The summed E-state index contributed by atoms with van der Waals surface area (Å²) in [5, 5.41) is 7.02. The number of benzene rings is 9. The lowest BCUT2D eigenvalue weighted by Gasteiger charge is -2.12. The molecule has 0 saturated carbocycles. The van der Waals surface area contributed by atoms with Gasteiger partial charge in [-0.1, -0.05) is 127 Å². The number of furan rings is 1. The minimum atomic E-state index is 0.885. The van der Waals surface area contributed by atoms with Gasteiger partial charge in [-0.15, -0.1) is 0 Å². The average molecular weight is 882 g/mol. The van der Waals surface area contributed by atoms with Crippen LogP contribution >= 0.6 is 0 Å². The van der Waals surface area contributed by atoms with Gasteiger partial charge in [-0.05, 0) is 109 Å². The molecule has 0 spiro atoms. The van der Waals surface area contributed by atoms with E-state index in [1.54, 1.807) is 0 Å². The Kier molecular flexibility index (Phi) is 7.97. The minimum Gasteiger partial charge on any atom is -0.454 e. The van der Waals surface area contributed by atoms with Crippen LogP contribution in [0.4, 0.5) is 0 Å². The first-order valence-electron chi connectivity index (χ1n) is 23.5. The van der Waals surface area contributed by atoms with E-state index < -0.39 is 0 Å². The number of nitrogens with zero attached hydrogens (tertiary/aromatic N) is 5. The maximum atomic E-state index is 6.48. The van der Waals surface area contributed by atoms with Crippen LogP contribution in [-0.4, -0.2) is 23.3 Å². The molecular formula is C63H39N5O. The molecule has 0 N–H and O–H groups in total. The van der Waals surface area contributed by atoms with Crippen LogP contribution in [0.15, 0.2) is 241 Å². The van der Waals surface area contributed by atoms with E-state index in [2.05, 4.69) is 243 Å². The monoisotopic (exact) mass is 881 g/mol. The summed E-state index contributed by atoms with van der Waals surface area (Å²) in [6.45, 7) is 0. The van der Waals surface area contributed by atoms with Gasteiger partial charge in [-0.25, -0.2) is 4.98 Å². The third-order valence-electron chi connectivity index (χ3n) is 14.1. The molecule has 15 rings (SSSR count). The first kappa shape index (κ1) is 37.8. The van der Waals surface area contributed by atoms with E-state index in [-0.39, 0.29) is 0 Å². The van der Waals surface area contributed by atoms with Crippen molar-refractivity contribution in [3.05, 3.63) is 237 Å². The summed E-state index contributed by atoms with van der Waals surface area (Å²) >= 11 is 0. The molecule has 0 unspecified atom stereocenters. The summed E-state index contributed by atoms with van der Waals surface area (Å²) in [5.74, 6) is 0. The van der Waals surface area contributed by atoms with Gasteiger partial charge in [0.15, 0.2) is 5.58 Å². The maximum Gasteiger partial charge on any atom is 0.161 e. The molecule has 0 saturated heterocycles. The predicted molar refractivity (Wildman–Crippen MR) is 285 cm³/mol. The van der Waals surface area contributed by atoms with E-state index in [9.17, 15) is 0 Å². The van der Waals surface area contributed by atoms with E-state index >= 15 is 0 Å². The van der Waals surface area contributed by atoms with Crippen molar-refractivity contribution >= 4 is 87.6 Å². The second-order valence-electron chi connectivity index (χ2n) is 17.9. The minimum absolute atomic E-state index is 0.885. The summed E-state index contributed by atoms with van der Waals surface area (Å²) in [4.78, 5) is 5.37. The van der Waals surface area contributed by atoms with Gasteiger partial charge in [0.25, 0.3) is 0 Å². The van der Waals surface area contributed by atoms with Gasteiger partial charge in [0.2, 0.25) is 0 Å². The van der Waals surface area contributed by atoms with Crippen LogP contribution in [0.3, 0.4) is 0 Å². The number of para-hydroxylation sites is 6. The van der Waals surface area contributed by atoms with Crippen molar-refractivity contribution in [3.63, 3.8) is 0 Å². The molecule has 69 heavy (non-hydrogen) atoms. The highest BCUT2D eigenvalue weighted by atomic mass is 16.3. The lowest BCUT2D eigenvalue weighted by Crippen LogP contribution is -1.96. The Balaban J connectivity index is 0.874. The Morgan fingerprint density at radius 2 is 0.725 bits per heavy atom. The molecular weight excluding hydrogens is 843 g/mol. The first-order chi connectivity index (χ1) is 34.2. The molecule has 322 valence electrons. The molecule has 0 atom stereocenters. The SMILES string of the molecule is c1ccc(-n2c3ccccc3c3cc(-n4c5ccccc5c5c4c4ccccc4n5-c4cccc(-c5cccc(-c6cccc(-n7c8ccccc8c8oc9ccccc9c87)c6)n5)c4)ccc32)cc1. The van der Waals surface area contributed by atoms with Gasteiger partial charge in [0.05, 0.1) is 50.0 Å². The van der Waals surface area contributed by atoms with Gasteiger partial charge in [0, 0.05) is 66.2 Å². The van der Waals surface area contributed by atoms with Gasteiger partial charge >= 0.3 is 0 Å². The largest absolute Gasteiger partial charge is 0.454 e. The number of fused-ring (bicyclic) bond motifs is 13. The van der Waals surface area contributed by atoms with Crippen LogP contribution in [0.5, 0.6) is 0 Å². The highest BCUT2D eigenvalue weighted by molar-refractivity contribution is 6.21. The van der Waals surface area contributed by atoms with Crippen LogP contribution in [0.1, 0.15) is 0 Å². The van der Waals surface area contributed by atoms with E-state index in [1.807, 2.05) is 12.1 Å². The predicted octanol–water partition coefficient (Wildman–Crippen LogP) is 16.4. The molecule has 6 heteroatoms. The zero-order valence-electron chi connectivity index (χ0n) is 37.2. The molecule has 6 nitrogen and oxygen atoms in total. The Hall–Kier alpha value is -9.39. The Morgan fingerprint density at radius 1 is 0.275 bits per heavy atom. The zero-order valence-corrected chi connectivity index (χ0v) is 37.2. The molecule has 0 aliphatic heterocycles. The van der Waals surface area contributed by atoms with E-state index in [1.165, 1.54) is 43.6 Å². The standard InChI is InChI=1S/C63H39N5O/c1-2-19-42(20-3-1)65-54-30-9-4-23-46(54)51-39-45(35-36-58(51)65)67-56-32-11-6-25-48(56)60-61(67)47-24-5-10-31-55(47)66(60)43-21-14-17-40(37-43)52-28-16-29-53(64-52)41-18-15-22-44(38-41)68-57-33-12-7-26-49(57)63-62(68)50-27-8-13-34-59(50)69-63/h1-39H. The number of pyridine rings is 1. The number of aromatic nitrogens is 5. The van der Waals surface area contributed by atoms with Crippen LogP contribution in [0.25, 0.3) is 133 Å². The summed E-state index contributed by atoms with van der Waals surface area (Å²) in [5.41, 5.74) is 19.3. The van der Waals surface area contributed by atoms with Crippen LogP contribution in [0, 0.1) is 0 Å². The lowest BCUT2D eigenvalue weighted by atomic mass is 10.1. The fraction of sp³-hybridized carbons (Fsp3) is 0. The molecule has 6 aromatic heterocycles. The van der Waals surface area contributed by atoms with E-state index in [0.717, 1.165) is 89.3 Å². The van der Waals surface area contributed by atoms with Crippen LogP contribution in [0.2, 0.25) is 0 Å². The van der Waals surface area contributed by atoms with Crippen LogP contribution < -0.4 is 0 Å². The van der Waals surface area contributed by atoms with Crippen molar-refractivity contribution in [3.8, 4) is 45.3 Å². The highest BCUT2D eigenvalue weighted by Crippen LogP contribution is 2.43. The fourth-order valence-corrected chi connectivity index (χ4v) is 11.2. The van der Waals surface area contributed by atoms with E-state index in [0.29, 0.717) is 0 Å². The summed E-state index contributed by atoms with van der Waals surface area (Å²) < 4.78 is 16.1. The molecule has 0 radical (unpaired) electrons. The summed E-state index contributed by atoms with van der Waals surface area (Å²) in [7, 11) is 0. The second kappa shape index (κ2) is 14.6. The Labute approximate surface area is 395 Å². The van der Waals surface area contributed by atoms with Crippen molar-refractivity contribution in [2.75, 3.05) is 0 Å².